The molecule has 4 heteroatoms. The number of amides is 1. The molecule has 0 heterocycles. The van der Waals surface area contributed by atoms with Crippen molar-refractivity contribution in [3.8, 4) is 5.75 Å². The quantitative estimate of drug-likeness (QED) is 0.829. The average Bonchev–Trinajstić information content (AvgIpc) is 2.21. The Hall–Kier alpha value is -1.22. The number of carbonyl (C=O) groups excluding carboxylic acids is 1. The molecular formula is C10H12ClNO2. The number of carbonyl (C=O) groups is 1. The van der Waals surface area contributed by atoms with Gasteiger partial charge in [-0.2, -0.15) is 0 Å². The number of benzene rings is 1. The van der Waals surface area contributed by atoms with Gasteiger partial charge in [-0.05, 0) is 24.3 Å². The van der Waals surface area contributed by atoms with Gasteiger partial charge >= 0.3 is 0 Å². The van der Waals surface area contributed by atoms with E-state index in [0.717, 1.165) is 5.75 Å². The van der Waals surface area contributed by atoms with E-state index in [4.69, 9.17) is 16.3 Å². The van der Waals surface area contributed by atoms with E-state index in [-0.39, 0.29) is 5.91 Å². The molecule has 0 aliphatic rings. The highest BCUT2D eigenvalue weighted by molar-refractivity contribution is 6.30. The highest BCUT2D eigenvalue weighted by atomic mass is 35.5. The Balaban J connectivity index is 2.31. The molecule has 0 aliphatic carbocycles. The molecule has 1 N–H and O–H groups in total. The number of nitrogens with one attached hydrogen (secondary N) is 1. The van der Waals surface area contributed by atoms with Gasteiger partial charge in [0.25, 0.3) is 0 Å². The molecule has 1 aromatic carbocycles. The zero-order valence-corrected chi connectivity index (χ0v) is 8.67. The summed E-state index contributed by atoms with van der Waals surface area (Å²) < 4.78 is 5.31. The van der Waals surface area contributed by atoms with Gasteiger partial charge in [0.05, 0.1) is 13.0 Å². The van der Waals surface area contributed by atoms with Crippen molar-refractivity contribution in [2.75, 3.05) is 13.7 Å². The Kier molecular flexibility index (Phi) is 4.26. The molecule has 3 nitrogen and oxygen atoms in total. The molecule has 1 aromatic rings. The van der Waals surface area contributed by atoms with Gasteiger partial charge in [-0.1, -0.05) is 11.6 Å². The molecule has 1 rings (SSSR count). The molecule has 0 bridgehead atoms. The zero-order chi connectivity index (χ0) is 10.4. The van der Waals surface area contributed by atoms with Gasteiger partial charge in [0.1, 0.15) is 5.75 Å². The SMILES string of the molecule is CNC(=O)CCOc1ccc(Cl)cc1. The lowest BCUT2D eigenvalue weighted by Gasteiger charge is -2.04. The number of halogens is 1. The first-order chi connectivity index (χ1) is 6.72. The summed E-state index contributed by atoms with van der Waals surface area (Å²) in [5, 5.41) is 3.19. The van der Waals surface area contributed by atoms with Crippen LogP contribution in [0.3, 0.4) is 0 Å². The smallest absolute Gasteiger partial charge is 0.223 e. The summed E-state index contributed by atoms with van der Waals surface area (Å²) in [7, 11) is 1.60. The largest absolute Gasteiger partial charge is 0.493 e. The van der Waals surface area contributed by atoms with Crippen molar-refractivity contribution < 1.29 is 9.53 Å². The van der Waals surface area contributed by atoms with Crippen molar-refractivity contribution in [2.24, 2.45) is 0 Å². The molecule has 0 radical (unpaired) electrons. The van der Waals surface area contributed by atoms with E-state index in [2.05, 4.69) is 5.32 Å². The Bertz CT molecular complexity index is 297. The van der Waals surface area contributed by atoms with Crippen LogP contribution in [0.1, 0.15) is 6.42 Å². The van der Waals surface area contributed by atoms with Crippen molar-refractivity contribution >= 4 is 17.5 Å². The van der Waals surface area contributed by atoms with Crippen molar-refractivity contribution in [3.05, 3.63) is 29.3 Å². The van der Waals surface area contributed by atoms with Gasteiger partial charge in [-0.15, -0.1) is 0 Å². The van der Waals surface area contributed by atoms with E-state index in [9.17, 15) is 4.79 Å². The normalized spacial score (nSPS) is 9.57. The van der Waals surface area contributed by atoms with Gasteiger partial charge in [0, 0.05) is 12.1 Å². The van der Waals surface area contributed by atoms with E-state index in [0.29, 0.717) is 18.1 Å². The fraction of sp³-hybridized carbons (Fsp3) is 0.300. The van der Waals surface area contributed by atoms with Crippen LogP contribution in [0.5, 0.6) is 5.75 Å². The van der Waals surface area contributed by atoms with E-state index < -0.39 is 0 Å². The third-order valence-corrected chi connectivity index (χ3v) is 1.94. The van der Waals surface area contributed by atoms with Gasteiger partial charge in [0.2, 0.25) is 5.91 Å². The maximum atomic E-state index is 10.8. The first-order valence-electron chi connectivity index (χ1n) is 4.31. The van der Waals surface area contributed by atoms with Crippen molar-refractivity contribution in [1.29, 1.82) is 0 Å². The van der Waals surface area contributed by atoms with Crippen molar-refractivity contribution in [2.45, 2.75) is 6.42 Å². The van der Waals surface area contributed by atoms with Crippen LogP contribution in [0.2, 0.25) is 5.02 Å². The lowest BCUT2D eigenvalue weighted by molar-refractivity contribution is -0.121. The summed E-state index contributed by atoms with van der Waals surface area (Å²) >= 11 is 5.70. The van der Waals surface area contributed by atoms with Crippen LogP contribution < -0.4 is 10.1 Å². The molecule has 0 spiro atoms. The molecule has 0 aliphatic heterocycles. The van der Waals surface area contributed by atoms with Crippen LogP contribution in [-0.2, 0) is 4.79 Å². The van der Waals surface area contributed by atoms with Gasteiger partial charge in [0.15, 0.2) is 0 Å². The first-order valence-corrected chi connectivity index (χ1v) is 4.69. The highest BCUT2D eigenvalue weighted by Crippen LogP contribution is 2.15. The molecule has 1 amide bonds. The highest BCUT2D eigenvalue weighted by Gasteiger charge is 1.98. The second-order valence-electron chi connectivity index (χ2n) is 2.73. The Morgan fingerprint density at radius 1 is 1.43 bits per heavy atom. The second-order valence-corrected chi connectivity index (χ2v) is 3.16. The van der Waals surface area contributed by atoms with E-state index in [1.807, 2.05) is 0 Å². The second kappa shape index (κ2) is 5.50. The fourth-order valence-electron chi connectivity index (χ4n) is 0.917. The van der Waals surface area contributed by atoms with Crippen LogP contribution in [-0.4, -0.2) is 19.6 Å². The summed E-state index contributed by atoms with van der Waals surface area (Å²) in [4.78, 5) is 10.8. The number of hydrogen-bond donors (Lipinski definition) is 1. The number of hydrogen-bond acceptors (Lipinski definition) is 2. The zero-order valence-electron chi connectivity index (χ0n) is 7.92. The molecule has 14 heavy (non-hydrogen) atoms. The third kappa shape index (κ3) is 3.66. The minimum atomic E-state index is -0.0287. The fourth-order valence-corrected chi connectivity index (χ4v) is 1.04. The Labute approximate surface area is 88.0 Å². The van der Waals surface area contributed by atoms with Gasteiger partial charge in [-0.25, -0.2) is 0 Å². The first kappa shape index (κ1) is 10.9. The van der Waals surface area contributed by atoms with E-state index >= 15 is 0 Å². The molecule has 0 saturated heterocycles. The lowest BCUT2D eigenvalue weighted by Crippen LogP contribution is -2.20. The summed E-state index contributed by atoms with van der Waals surface area (Å²) in [5.74, 6) is 0.692. The molecular weight excluding hydrogens is 202 g/mol. The summed E-state index contributed by atoms with van der Waals surface area (Å²) in [6.07, 6.45) is 0.360. The molecule has 0 unspecified atom stereocenters. The maximum Gasteiger partial charge on any atom is 0.223 e. The maximum absolute atomic E-state index is 10.8. The molecule has 0 fully saturated rings. The average molecular weight is 214 g/mol. The monoisotopic (exact) mass is 213 g/mol. The Morgan fingerprint density at radius 2 is 2.07 bits per heavy atom. The van der Waals surface area contributed by atoms with Crippen LogP contribution in [0.25, 0.3) is 0 Å². The van der Waals surface area contributed by atoms with Crippen molar-refractivity contribution in [3.63, 3.8) is 0 Å². The molecule has 0 atom stereocenters. The minimum absolute atomic E-state index is 0.0287. The summed E-state index contributed by atoms with van der Waals surface area (Å²) in [5.41, 5.74) is 0. The summed E-state index contributed by atoms with van der Waals surface area (Å²) in [6, 6.07) is 7.03. The molecule has 0 aromatic heterocycles. The number of rotatable bonds is 4. The minimum Gasteiger partial charge on any atom is -0.493 e. The van der Waals surface area contributed by atoms with Crippen LogP contribution in [0.4, 0.5) is 0 Å². The summed E-state index contributed by atoms with van der Waals surface area (Å²) in [6.45, 7) is 0.376. The molecule has 76 valence electrons. The lowest BCUT2D eigenvalue weighted by atomic mass is 10.3. The van der Waals surface area contributed by atoms with E-state index in [1.54, 1.807) is 31.3 Å². The van der Waals surface area contributed by atoms with Crippen molar-refractivity contribution in [1.82, 2.24) is 5.32 Å². The van der Waals surface area contributed by atoms with Gasteiger partial charge in [-0.3, -0.25) is 4.79 Å². The van der Waals surface area contributed by atoms with E-state index in [1.165, 1.54) is 0 Å². The number of ether oxygens (including phenoxy) is 1. The van der Waals surface area contributed by atoms with Gasteiger partial charge < -0.3 is 10.1 Å². The third-order valence-electron chi connectivity index (χ3n) is 1.69. The molecule has 0 saturated carbocycles. The Morgan fingerprint density at radius 3 is 2.64 bits per heavy atom. The van der Waals surface area contributed by atoms with Crippen LogP contribution >= 0.6 is 11.6 Å². The predicted molar refractivity (Wildman–Crippen MR) is 55.6 cm³/mol. The standard InChI is InChI=1S/C10H12ClNO2/c1-12-10(13)6-7-14-9-4-2-8(11)3-5-9/h2-5H,6-7H2,1H3,(H,12,13). The predicted octanol–water partition coefficient (Wildman–Crippen LogP) is 1.85. The topological polar surface area (TPSA) is 38.3 Å². The van der Waals surface area contributed by atoms with Crippen LogP contribution in [0.15, 0.2) is 24.3 Å². The van der Waals surface area contributed by atoms with Crippen LogP contribution in [0, 0.1) is 0 Å².